The topological polar surface area (TPSA) is 106 Å². The van der Waals surface area contributed by atoms with Crippen molar-refractivity contribution in [2.24, 2.45) is 0 Å². The third kappa shape index (κ3) is 3.92. The first-order valence-electron chi connectivity index (χ1n) is 12.9. The number of aromatic nitrogens is 3. The van der Waals surface area contributed by atoms with Crippen molar-refractivity contribution < 1.29 is 9.15 Å². The van der Waals surface area contributed by atoms with Crippen molar-refractivity contribution in [3.63, 3.8) is 0 Å². The van der Waals surface area contributed by atoms with Crippen molar-refractivity contribution in [3.8, 4) is 17.1 Å². The second-order valence-corrected chi connectivity index (χ2v) is 10.4. The molecular formula is C27H31N7O2. The molecule has 0 saturated carbocycles. The average molecular weight is 486 g/mol. The standard InChI is InChI=1S/C27H31N7O2/c1-33-10-2-3-20(33)15-35-27-31-22-11-16(17-5-9-24-23(12-17)30-26(28)36-24)4-8-21(22)25(32-27)34-13-18-6-7-19(14-34)29-18/h4-5,8-9,11-12,18-20,29H,2-3,6-7,10,13-15H2,1H3,(H2,28,30)/t18?,19?,20-/m0/s1. The van der Waals surface area contributed by atoms with Crippen LogP contribution in [-0.2, 0) is 0 Å². The predicted molar refractivity (Wildman–Crippen MR) is 140 cm³/mol. The molecule has 0 aliphatic carbocycles. The number of rotatable bonds is 5. The maximum absolute atomic E-state index is 6.23. The lowest BCUT2D eigenvalue weighted by Crippen LogP contribution is -2.51. The third-order valence-corrected chi connectivity index (χ3v) is 7.99. The summed E-state index contributed by atoms with van der Waals surface area (Å²) < 4.78 is 11.7. The Hall–Kier alpha value is -3.43. The van der Waals surface area contributed by atoms with Crippen molar-refractivity contribution >= 4 is 33.8 Å². The van der Waals surface area contributed by atoms with Gasteiger partial charge in [0.25, 0.3) is 6.01 Å². The van der Waals surface area contributed by atoms with E-state index >= 15 is 0 Å². The van der Waals surface area contributed by atoms with Crippen LogP contribution in [0.15, 0.2) is 40.8 Å². The summed E-state index contributed by atoms with van der Waals surface area (Å²) in [6.07, 6.45) is 4.81. The average Bonchev–Trinajstić information content (AvgIpc) is 3.57. The molecule has 2 aromatic carbocycles. The number of nitrogen functional groups attached to an aromatic ring is 1. The summed E-state index contributed by atoms with van der Waals surface area (Å²) in [6.45, 7) is 3.64. The molecule has 36 heavy (non-hydrogen) atoms. The van der Waals surface area contributed by atoms with E-state index in [1.807, 2.05) is 18.2 Å². The number of nitrogens with two attached hydrogens (primary N) is 1. The zero-order valence-electron chi connectivity index (χ0n) is 20.5. The molecule has 3 fully saturated rings. The lowest BCUT2D eigenvalue weighted by atomic mass is 10.0. The van der Waals surface area contributed by atoms with Gasteiger partial charge in [0.1, 0.15) is 17.9 Å². The lowest BCUT2D eigenvalue weighted by Gasteiger charge is -2.34. The number of hydrogen-bond acceptors (Lipinski definition) is 9. The van der Waals surface area contributed by atoms with Gasteiger partial charge in [-0.1, -0.05) is 12.1 Å². The molecule has 5 heterocycles. The highest BCUT2D eigenvalue weighted by Gasteiger charge is 2.33. The van der Waals surface area contributed by atoms with Crippen molar-refractivity contribution in [1.82, 2.24) is 25.2 Å². The number of hydrogen-bond donors (Lipinski definition) is 2. The largest absolute Gasteiger partial charge is 0.462 e. The Balaban J connectivity index is 1.28. The summed E-state index contributed by atoms with van der Waals surface area (Å²) in [6, 6.07) is 14.4. The number of likely N-dealkylation sites (N-methyl/N-ethyl adjacent to an activating group) is 1. The summed E-state index contributed by atoms with van der Waals surface area (Å²) >= 11 is 0. The molecule has 4 aromatic rings. The summed E-state index contributed by atoms with van der Waals surface area (Å²) in [5.74, 6) is 0.972. The molecule has 3 N–H and O–H groups in total. The maximum atomic E-state index is 6.23. The van der Waals surface area contributed by atoms with Gasteiger partial charge < -0.3 is 30.0 Å². The summed E-state index contributed by atoms with van der Waals surface area (Å²) in [5.41, 5.74) is 10.1. The van der Waals surface area contributed by atoms with Crippen LogP contribution in [0, 0.1) is 0 Å². The van der Waals surface area contributed by atoms with Gasteiger partial charge >= 0.3 is 6.01 Å². The van der Waals surface area contributed by atoms with E-state index in [1.54, 1.807) is 0 Å². The van der Waals surface area contributed by atoms with Crippen LogP contribution in [0.1, 0.15) is 25.7 Å². The first-order chi connectivity index (χ1) is 17.6. The van der Waals surface area contributed by atoms with Gasteiger partial charge in [-0.3, -0.25) is 0 Å². The second kappa shape index (κ2) is 8.60. The smallest absolute Gasteiger partial charge is 0.319 e. The Kier molecular flexibility index (Phi) is 5.21. The Labute approximate surface area is 209 Å². The summed E-state index contributed by atoms with van der Waals surface area (Å²) in [5, 5.41) is 4.78. The molecule has 3 atom stereocenters. The Morgan fingerprint density at radius 1 is 1.00 bits per heavy atom. The summed E-state index contributed by atoms with van der Waals surface area (Å²) in [7, 11) is 2.16. The molecule has 2 unspecified atom stereocenters. The fraction of sp³-hybridized carbons (Fsp3) is 0.444. The number of benzene rings is 2. The molecule has 2 bridgehead atoms. The van der Waals surface area contributed by atoms with Crippen LogP contribution in [0.5, 0.6) is 6.01 Å². The van der Waals surface area contributed by atoms with Gasteiger partial charge in [-0.15, -0.1) is 0 Å². The molecule has 9 heteroatoms. The van der Waals surface area contributed by atoms with Crippen LogP contribution in [-0.4, -0.2) is 71.3 Å². The van der Waals surface area contributed by atoms with Gasteiger partial charge in [0, 0.05) is 36.6 Å². The molecule has 3 aliphatic heterocycles. The number of ether oxygens (including phenoxy) is 1. The van der Waals surface area contributed by atoms with Crippen LogP contribution in [0.25, 0.3) is 33.1 Å². The number of likely N-dealkylation sites (tertiary alicyclic amines) is 1. The summed E-state index contributed by atoms with van der Waals surface area (Å²) in [4.78, 5) is 18.9. The van der Waals surface area contributed by atoms with Gasteiger partial charge in [0.15, 0.2) is 5.58 Å². The highest BCUT2D eigenvalue weighted by atomic mass is 16.5. The van der Waals surface area contributed by atoms with E-state index in [0.717, 1.165) is 59.4 Å². The Morgan fingerprint density at radius 2 is 1.78 bits per heavy atom. The van der Waals surface area contributed by atoms with Gasteiger partial charge in [0.2, 0.25) is 0 Å². The predicted octanol–water partition coefficient (Wildman–Crippen LogP) is 3.43. The SMILES string of the molecule is CN1CCC[C@H]1COc1nc(N2CC3CCC(C2)N3)c2ccc(-c3ccc4oc(N)nc4c3)cc2n1. The number of oxazole rings is 1. The van der Waals surface area contributed by atoms with Crippen molar-refractivity contribution in [2.45, 2.75) is 43.8 Å². The van der Waals surface area contributed by atoms with Gasteiger partial charge in [-0.2, -0.15) is 15.0 Å². The minimum atomic E-state index is 0.178. The van der Waals surface area contributed by atoms with Crippen molar-refractivity contribution in [3.05, 3.63) is 36.4 Å². The monoisotopic (exact) mass is 485 g/mol. The number of fused-ring (bicyclic) bond motifs is 4. The molecule has 9 nitrogen and oxygen atoms in total. The van der Waals surface area contributed by atoms with Gasteiger partial charge in [0.05, 0.1) is 5.52 Å². The molecule has 186 valence electrons. The Morgan fingerprint density at radius 3 is 2.56 bits per heavy atom. The van der Waals surface area contributed by atoms with Crippen molar-refractivity contribution in [2.75, 3.05) is 43.9 Å². The second-order valence-electron chi connectivity index (χ2n) is 10.4. The van der Waals surface area contributed by atoms with E-state index in [1.165, 1.54) is 19.3 Å². The molecule has 3 aliphatic rings. The molecule has 0 spiro atoms. The lowest BCUT2D eigenvalue weighted by molar-refractivity contribution is 0.188. The molecule has 0 amide bonds. The van der Waals surface area contributed by atoms with Crippen LogP contribution >= 0.6 is 0 Å². The first-order valence-corrected chi connectivity index (χ1v) is 12.9. The molecule has 7 rings (SSSR count). The molecule has 3 saturated heterocycles. The van der Waals surface area contributed by atoms with E-state index < -0.39 is 0 Å². The first kappa shape index (κ1) is 21.8. The van der Waals surface area contributed by atoms with E-state index in [4.69, 9.17) is 24.9 Å². The number of piperazine rings is 1. The van der Waals surface area contributed by atoms with E-state index in [9.17, 15) is 0 Å². The van der Waals surface area contributed by atoms with Gasteiger partial charge in [-0.25, -0.2) is 0 Å². The number of anilines is 2. The zero-order chi connectivity index (χ0) is 24.2. The molecular weight excluding hydrogens is 454 g/mol. The van der Waals surface area contributed by atoms with E-state index in [0.29, 0.717) is 36.3 Å². The van der Waals surface area contributed by atoms with Crippen molar-refractivity contribution in [1.29, 1.82) is 0 Å². The van der Waals surface area contributed by atoms with Crippen LogP contribution in [0.4, 0.5) is 11.8 Å². The normalized spacial score (nSPS) is 24.2. The fourth-order valence-electron chi connectivity index (χ4n) is 6.03. The number of nitrogens with one attached hydrogen (secondary N) is 1. The third-order valence-electron chi connectivity index (χ3n) is 7.99. The van der Waals surface area contributed by atoms with E-state index in [-0.39, 0.29) is 6.01 Å². The van der Waals surface area contributed by atoms with Crippen LogP contribution in [0.3, 0.4) is 0 Å². The maximum Gasteiger partial charge on any atom is 0.319 e. The number of nitrogens with zero attached hydrogens (tertiary/aromatic N) is 5. The highest BCUT2D eigenvalue weighted by molar-refractivity contribution is 5.93. The minimum absolute atomic E-state index is 0.178. The molecule has 0 radical (unpaired) electrons. The fourth-order valence-corrected chi connectivity index (χ4v) is 6.03. The van der Waals surface area contributed by atoms with Crippen LogP contribution < -0.4 is 20.7 Å². The highest BCUT2D eigenvalue weighted by Crippen LogP contribution is 2.34. The molecule has 2 aromatic heterocycles. The van der Waals surface area contributed by atoms with E-state index in [2.05, 4.69) is 45.3 Å². The minimum Gasteiger partial charge on any atom is -0.462 e. The Bertz CT molecular complexity index is 1420. The van der Waals surface area contributed by atoms with Crippen LogP contribution in [0.2, 0.25) is 0 Å². The van der Waals surface area contributed by atoms with Gasteiger partial charge in [-0.05, 0) is 74.7 Å². The quantitative estimate of drug-likeness (QED) is 0.440. The zero-order valence-corrected chi connectivity index (χ0v) is 20.5.